The lowest BCUT2D eigenvalue weighted by atomic mass is 10.3. The lowest BCUT2D eigenvalue weighted by Gasteiger charge is -2.11. The molecule has 6 nitrogen and oxygen atoms in total. The lowest BCUT2D eigenvalue weighted by molar-refractivity contribution is -0.122. The van der Waals surface area contributed by atoms with Crippen LogP contribution in [0.25, 0.3) is 0 Å². The SMILES string of the molecule is C=C(CCNc1nccnc1C)NC(=O)COc1ccc(Cl)c(F)c1. The molecule has 0 fully saturated rings. The van der Waals surface area contributed by atoms with Gasteiger partial charge in [0.25, 0.3) is 5.91 Å². The van der Waals surface area contributed by atoms with Crippen LogP contribution in [0.4, 0.5) is 10.2 Å². The molecule has 0 unspecified atom stereocenters. The first-order valence-electron chi connectivity index (χ1n) is 7.52. The predicted octanol–water partition coefficient (Wildman–Crippen LogP) is 3.09. The molecule has 0 atom stereocenters. The number of anilines is 1. The highest BCUT2D eigenvalue weighted by Crippen LogP contribution is 2.20. The van der Waals surface area contributed by atoms with Crippen molar-refractivity contribution in [3.05, 3.63) is 59.4 Å². The van der Waals surface area contributed by atoms with Crippen molar-refractivity contribution in [2.45, 2.75) is 13.3 Å². The standard InChI is InChI=1S/C17H18ClFN4O2/c1-11(5-6-21-17-12(2)20-7-8-22-17)23-16(24)10-25-13-3-4-14(18)15(19)9-13/h3-4,7-9H,1,5-6,10H2,2H3,(H,21,22)(H,23,24). The van der Waals surface area contributed by atoms with E-state index in [-0.39, 0.29) is 23.3 Å². The van der Waals surface area contributed by atoms with E-state index in [0.29, 0.717) is 24.5 Å². The van der Waals surface area contributed by atoms with E-state index in [1.54, 1.807) is 12.4 Å². The maximum atomic E-state index is 13.3. The van der Waals surface area contributed by atoms with Gasteiger partial charge in [0.15, 0.2) is 6.61 Å². The Morgan fingerprint density at radius 3 is 2.84 bits per heavy atom. The van der Waals surface area contributed by atoms with Crippen LogP contribution in [0, 0.1) is 12.7 Å². The summed E-state index contributed by atoms with van der Waals surface area (Å²) in [6, 6.07) is 3.97. The summed E-state index contributed by atoms with van der Waals surface area (Å²) in [4.78, 5) is 20.1. The number of amides is 1. The number of rotatable bonds is 8. The number of halogens is 2. The number of hydrogen-bond donors (Lipinski definition) is 2. The van der Waals surface area contributed by atoms with E-state index >= 15 is 0 Å². The van der Waals surface area contributed by atoms with Gasteiger partial charge < -0.3 is 15.4 Å². The van der Waals surface area contributed by atoms with Gasteiger partial charge in [-0.15, -0.1) is 0 Å². The Bertz CT molecular complexity index is 770. The minimum atomic E-state index is -0.602. The molecule has 0 aliphatic carbocycles. The second kappa shape index (κ2) is 8.98. The fraction of sp³-hybridized carbons (Fsp3) is 0.235. The van der Waals surface area contributed by atoms with Gasteiger partial charge >= 0.3 is 0 Å². The predicted molar refractivity (Wildman–Crippen MR) is 94.1 cm³/mol. The van der Waals surface area contributed by atoms with Crippen molar-refractivity contribution in [1.29, 1.82) is 0 Å². The normalized spacial score (nSPS) is 10.2. The summed E-state index contributed by atoms with van der Waals surface area (Å²) in [6.07, 6.45) is 3.73. The maximum absolute atomic E-state index is 13.3. The van der Waals surface area contributed by atoms with Crippen molar-refractivity contribution in [3.8, 4) is 5.75 Å². The Morgan fingerprint density at radius 2 is 2.12 bits per heavy atom. The van der Waals surface area contributed by atoms with E-state index in [9.17, 15) is 9.18 Å². The van der Waals surface area contributed by atoms with E-state index in [4.69, 9.17) is 16.3 Å². The summed E-state index contributed by atoms with van der Waals surface area (Å²) in [6.45, 7) is 5.93. The third-order valence-corrected chi connectivity index (χ3v) is 3.48. The first-order chi connectivity index (χ1) is 12.0. The van der Waals surface area contributed by atoms with Gasteiger partial charge in [-0.2, -0.15) is 0 Å². The number of hydrogen-bond acceptors (Lipinski definition) is 5. The van der Waals surface area contributed by atoms with E-state index in [2.05, 4.69) is 27.2 Å². The summed E-state index contributed by atoms with van der Waals surface area (Å²) >= 11 is 5.58. The number of ether oxygens (including phenoxy) is 1. The molecule has 1 aromatic heterocycles. The molecule has 0 aliphatic heterocycles. The van der Waals surface area contributed by atoms with Gasteiger partial charge in [-0.25, -0.2) is 9.37 Å². The van der Waals surface area contributed by atoms with Gasteiger partial charge in [0.05, 0.1) is 10.7 Å². The molecular weight excluding hydrogens is 347 g/mol. The molecule has 2 N–H and O–H groups in total. The number of carbonyl (C=O) groups excluding carboxylic acids is 1. The van der Waals surface area contributed by atoms with Crippen LogP contribution in [0.15, 0.2) is 42.9 Å². The summed E-state index contributed by atoms with van der Waals surface area (Å²) < 4.78 is 18.5. The van der Waals surface area contributed by atoms with E-state index < -0.39 is 5.82 Å². The van der Waals surface area contributed by atoms with Crippen molar-refractivity contribution in [3.63, 3.8) is 0 Å². The smallest absolute Gasteiger partial charge is 0.262 e. The van der Waals surface area contributed by atoms with Gasteiger partial charge in [0.1, 0.15) is 17.4 Å². The van der Waals surface area contributed by atoms with E-state index in [0.717, 1.165) is 11.8 Å². The Hall–Kier alpha value is -2.67. The fourth-order valence-corrected chi connectivity index (χ4v) is 2.04. The van der Waals surface area contributed by atoms with Crippen LogP contribution < -0.4 is 15.4 Å². The van der Waals surface area contributed by atoms with Crippen LogP contribution in [-0.4, -0.2) is 29.0 Å². The lowest BCUT2D eigenvalue weighted by Crippen LogP contribution is -2.28. The van der Waals surface area contributed by atoms with Gasteiger partial charge in [0, 0.05) is 37.1 Å². The second-order valence-electron chi connectivity index (χ2n) is 5.18. The molecular formula is C17H18ClFN4O2. The summed E-state index contributed by atoms with van der Waals surface area (Å²) in [5.74, 6) is -0.0670. The number of aryl methyl sites for hydroxylation is 1. The third-order valence-electron chi connectivity index (χ3n) is 3.18. The van der Waals surface area contributed by atoms with Crippen LogP contribution >= 0.6 is 11.6 Å². The molecule has 0 aliphatic rings. The monoisotopic (exact) mass is 364 g/mol. The van der Waals surface area contributed by atoms with Crippen LogP contribution in [0.2, 0.25) is 5.02 Å². The van der Waals surface area contributed by atoms with Gasteiger partial charge in [-0.3, -0.25) is 9.78 Å². The molecule has 1 heterocycles. The molecule has 0 saturated carbocycles. The first-order valence-corrected chi connectivity index (χ1v) is 7.90. The summed E-state index contributed by atoms with van der Waals surface area (Å²) in [5.41, 5.74) is 1.32. The van der Waals surface area contributed by atoms with Crippen molar-refractivity contribution in [2.24, 2.45) is 0 Å². The first kappa shape index (κ1) is 18.7. The van der Waals surface area contributed by atoms with Crippen LogP contribution in [-0.2, 0) is 4.79 Å². The molecule has 25 heavy (non-hydrogen) atoms. The Labute approximate surface area is 150 Å². The average molecular weight is 365 g/mol. The molecule has 0 saturated heterocycles. The highest BCUT2D eigenvalue weighted by molar-refractivity contribution is 6.30. The largest absolute Gasteiger partial charge is 0.484 e. The minimum absolute atomic E-state index is 0.00368. The van der Waals surface area contributed by atoms with Crippen molar-refractivity contribution in [1.82, 2.24) is 15.3 Å². The topological polar surface area (TPSA) is 76.1 Å². The van der Waals surface area contributed by atoms with E-state index in [1.807, 2.05) is 6.92 Å². The number of aromatic nitrogens is 2. The molecule has 0 spiro atoms. The zero-order valence-electron chi connectivity index (χ0n) is 13.7. The average Bonchev–Trinajstić information content (AvgIpc) is 2.57. The molecule has 0 radical (unpaired) electrons. The van der Waals surface area contributed by atoms with E-state index in [1.165, 1.54) is 12.1 Å². The maximum Gasteiger partial charge on any atom is 0.262 e. The quantitative estimate of drug-likeness (QED) is 0.752. The van der Waals surface area contributed by atoms with Gasteiger partial charge in [-0.1, -0.05) is 18.2 Å². The number of carbonyl (C=O) groups is 1. The Morgan fingerprint density at radius 1 is 1.36 bits per heavy atom. The molecule has 2 aromatic rings. The summed E-state index contributed by atoms with van der Waals surface area (Å²) in [7, 11) is 0. The molecule has 1 aromatic carbocycles. The zero-order valence-corrected chi connectivity index (χ0v) is 14.4. The Kier molecular flexibility index (Phi) is 6.71. The molecule has 132 valence electrons. The number of benzene rings is 1. The van der Waals surface area contributed by atoms with Crippen LogP contribution in [0.1, 0.15) is 12.1 Å². The molecule has 0 bridgehead atoms. The van der Waals surface area contributed by atoms with Crippen LogP contribution in [0.5, 0.6) is 5.75 Å². The molecule has 8 heteroatoms. The van der Waals surface area contributed by atoms with Crippen molar-refractivity contribution < 1.29 is 13.9 Å². The third kappa shape index (κ3) is 6.04. The summed E-state index contributed by atoms with van der Waals surface area (Å²) in [5, 5.41) is 5.73. The molecule has 2 rings (SSSR count). The highest BCUT2D eigenvalue weighted by atomic mass is 35.5. The number of nitrogens with one attached hydrogen (secondary N) is 2. The second-order valence-corrected chi connectivity index (χ2v) is 5.59. The zero-order chi connectivity index (χ0) is 18.2. The highest BCUT2D eigenvalue weighted by Gasteiger charge is 2.07. The van der Waals surface area contributed by atoms with Gasteiger partial charge in [-0.05, 0) is 19.1 Å². The molecule has 1 amide bonds. The number of nitrogens with zero attached hydrogens (tertiary/aromatic N) is 2. The van der Waals surface area contributed by atoms with Gasteiger partial charge in [0.2, 0.25) is 0 Å². The van der Waals surface area contributed by atoms with Crippen molar-refractivity contribution in [2.75, 3.05) is 18.5 Å². The Balaban J connectivity index is 1.70. The minimum Gasteiger partial charge on any atom is -0.484 e. The van der Waals surface area contributed by atoms with Crippen molar-refractivity contribution >= 4 is 23.3 Å². The van der Waals surface area contributed by atoms with Crippen LogP contribution in [0.3, 0.4) is 0 Å². The fourth-order valence-electron chi connectivity index (χ4n) is 1.92.